The highest BCUT2D eigenvalue weighted by Gasteiger charge is 2.29. The van der Waals surface area contributed by atoms with Crippen molar-refractivity contribution in [2.75, 3.05) is 11.5 Å². The predicted octanol–water partition coefficient (Wildman–Crippen LogP) is 3.26. The molecule has 0 radical (unpaired) electrons. The van der Waals surface area contributed by atoms with Crippen LogP contribution in [0.3, 0.4) is 0 Å². The zero-order valence-electron chi connectivity index (χ0n) is 17.7. The Labute approximate surface area is 168 Å². The molecule has 2 N–H and O–H groups in total. The summed E-state index contributed by atoms with van der Waals surface area (Å²) in [5.74, 6) is 0.112. The molecular weight excluding hydrogens is 376 g/mol. The molecule has 1 aromatic rings. The zero-order valence-corrected chi connectivity index (χ0v) is 18.5. The molecule has 1 amide bonds. The van der Waals surface area contributed by atoms with E-state index in [1.54, 1.807) is 6.21 Å². The van der Waals surface area contributed by atoms with E-state index in [2.05, 4.69) is 10.5 Å². The second-order valence-corrected chi connectivity index (χ2v) is 12.0. The lowest BCUT2D eigenvalue weighted by molar-refractivity contribution is -0.121. The van der Waals surface area contributed by atoms with E-state index in [0.29, 0.717) is 12.2 Å². The van der Waals surface area contributed by atoms with Gasteiger partial charge in [0.25, 0.3) is 0 Å². The molecule has 1 fully saturated rings. The Hall–Kier alpha value is -1.89. The number of aromatic hydroxyl groups is 1. The van der Waals surface area contributed by atoms with Gasteiger partial charge in [0.1, 0.15) is 5.75 Å². The monoisotopic (exact) mass is 408 g/mol. The van der Waals surface area contributed by atoms with E-state index in [1.807, 2.05) is 53.7 Å². The maximum atomic E-state index is 12.0. The van der Waals surface area contributed by atoms with Crippen LogP contribution in [0.2, 0.25) is 0 Å². The highest BCUT2D eigenvalue weighted by atomic mass is 32.2. The van der Waals surface area contributed by atoms with Crippen molar-refractivity contribution in [3.05, 3.63) is 28.8 Å². The van der Waals surface area contributed by atoms with Crippen molar-refractivity contribution in [3.63, 3.8) is 0 Å². The molecule has 7 heteroatoms. The summed E-state index contributed by atoms with van der Waals surface area (Å²) in [5.41, 5.74) is 4.43. The van der Waals surface area contributed by atoms with Crippen LogP contribution in [-0.4, -0.2) is 37.2 Å². The standard InChI is InChI=1S/C21H32N2O4S/c1-20(2,3)16-9-15(10-17(19(16)25)21(4,5)6)12-22-23-18(24)11-14-7-8-28(26,27)13-14/h9-10,12,14,25H,7-8,11,13H2,1-6H3,(H,23,24)/b22-12+/t14-/m1/s1. The number of nitrogens with zero attached hydrogens (tertiary/aromatic N) is 1. The first-order chi connectivity index (χ1) is 12.7. The number of hydrogen-bond acceptors (Lipinski definition) is 5. The molecule has 156 valence electrons. The van der Waals surface area contributed by atoms with E-state index < -0.39 is 9.84 Å². The van der Waals surface area contributed by atoms with Gasteiger partial charge in [0, 0.05) is 17.5 Å². The fourth-order valence-corrected chi connectivity index (χ4v) is 5.26. The van der Waals surface area contributed by atoms with Crippen LogP contribution in [0.25, 0.3) is 0 Å². The van der Waals surface area contributed by atoms with Crippen LogP contribution in [0, 0.1) is 5.92 Å². The smallest absolute Gasteiger partial charge is 0.240 e. The van der Waals surface area contributed by atoms with Crippen molar-refractivity contribution in [2.24, 2.45) is 11.0 Å². The van der Waals surface area contributed by atoms with Gasteiger partial charge >= 0.3 is 0 Å². The topological polar surface area (TPSA) is 95.8 Å². The van der Waals surface area contributed by atoms with E-state index in [4.69, 9.17) is 0 Å². The zero-order chi connectivity index (χ0) is 21.3. The van der Waals surface area contributed by atoms with Crippen molar-refractivity contribution in [1.29, 1.82) is 0 Å². The average Bonchev–Trinajstić information content (AvgIpc) is 2.85. The highest BCUT2D eigenvalue weighted by Crippen LogP contribution is 2.39. The number of hydrazone groups is 1. The summed E-state index contributed by atoms with van der Waals surface area (Å²) in [5, 5.41) is 14.8. The van der Waals surface area contributed by atoms with Crippen molar-refractivity contribution in [3.8, 4) is 5.75 Å². The van der Waals surface area contributed by atoms with Crippen LogP contribution in [0.15, 0.2) is 17.2 Å². The first kappa shape index (κ1) is 22.4. The lowest BCUT2D eigenvalue weighted by atomic mass is 9.78. The summed E-state index contributed by atoms with van der Waals surface area (Å²) < 4.78 is 23.0. The summed E-state index contributed by atoms with van der Waals surface area (Å²) in [6.45, 7) is 12.2. The Bertz CT molecular complexity index is 840. The maximum Gasteiger partial charge on any atom is 0.240 e. The van der Waals surface area contributed by atoms with Crippen LogP contribution < -0.4 is 5.43 Å². The van der Waals surface area contributed by atoms with Crippen LogP contribution in [0.5, 0.6) is 5.75 Å². The lowest BCUT2D eigenvalue weighted by Gasteiger charge is -2.27. The Morgan fingerprint density at radius 3 is 2.14 bits per heavy atom. The van der Waals surface area contributed by atoms with Gasteiger partial charge in [-0.1, -0.05) is 41.5 Å². The summed E-state index contributed by atoms with van der Waals surface area (Å²) in [4.78, 5) is 12.0. The van der Waals surface area contributed by atoms with Gasteiger partial charge in [-0.05, 0) is 40.9 Å². The number of phenols is 1. The molecule has 1 aromatic carbocycles. The average molecular weight is 409 g/mol. The van der Waals surface area contributed by atoms with Gasteiger partial charge in [-0.15, -0.1) is 0 Å². The molecule has 0 spiro atoms. The van der Waals surface area contributed by atoms with Crippen molar-refractivity contribution >= 4 is 22.0 Å². The molecule has 0 aliphatic carbocycles. The quantitative estimate of drug-likeness (QED) is 0.590. The third-order valence-electron chi connectivity index (χ3n) is 4.95. The summed E-state index contributed by atoms with van der Waals surface area (Å²) in [6.07, 6.45) is 2.25. The predicted molar refractivity (Wildman–Crippen MR) is 113 cm³/mol. The Kier molecular flexibility index (Phi) is 6.28. The number of carbonyl (C=O) groups excluding carboxylic acids is 1. The minimum absolute atomic E-state index is 0.0754. The number of sulfone groups is 1. The summed E-state index contributed by atoms with van der Waals surface area (Å²) >= 11 is 0. The van der Waals surface area contributed by atoms with Crippen molar-refractivity contribution in [2.45, 2.75) is 65.2 Å². The van der Waals surface area contributed by atoms with Gasteiger partial charge in [0.15, 0.2) is 9.84 Å². The second kappa shape index (κ2) is 7.85. The Morgan fingerprint density at radius 1 is 1.18 bits per heavy atom. The maximum absolute atomic E-state index is 12.0. The second-order valence-electron chi connectivity index (χ2n) is 9.73. The largest absolute Gasteiger partial charge is 0.507 e. The number of phenolic OH excluding ortho intramolecular Hbond substituents is 1. The molecule has 1 aliphatic heterocycles. The van der Waals surface area contributed by atoms with Gasteiger partial charge in [-0.25, -0.2) is 13.8 Å². The van der Waals surface area contributed by atoms with Gasteiger partial charge < -0.3 is 5.11 Å². The molecule has 0 saturated carbocycles. The minimum Gasteiger partial charge on any atom is -0.507 e. The van der Waals surface area contributed by atoms with E-state index in [0.717, 1.165) is 16.7 Å². The van der Waals surface area contributed by atoms with Gasteiger partial charge in [0.05, 0.1) is 17.7 Å². The van der Waals surface area contributed by atoms with Gasteiger partial charge in [-0.3, -0.25) is 4.79 Å². The highest BCUT2D eigenvalue weighted by molar-refractivity contribution is 7.91. The molecule has 0 bridgehead atoms. The van der Waals surface area contributed by atoms with Crippen LogP contribution in [0.1, 0.15) is 71.1 Å². The molecule has 0 unspecified atom stereocenters. The third-order valence-corrected chi connectivity index (χ3v) is 6.79. The summed E-state index contributed by atoms with van der Waals surface area (Å²) in [6, 6.07) is 3.76. The third kappa shape index (κ3) is 5.80. The first-order valence-electron chi connectivity index (χ1n) is 9.59. The fourth-order valence-electron chi connectivity index (χ4n) is 3.39. The molecule has 6 nitrogen and oxygen atoms in total. The van der Waals surface area contributed by atoms with E-state index >= 15 is 0 Å². The molecule has 1 saturated heterocycles. The number of nitrogens with one attached hydrogen (secondary N) is 1. The number of amides is 1. The first-order valence-corrected chi connectivity index (χ1v) is 11.4. The molecular formula is C21H32N2O4S. The SMILES string of the molecule is CC(C)(C)c1cc(/C=N/NC(=O)C[C@H]2CCS(=O)(=O)C2)cc(C(C)(C)C)c1O. The number of benzene rings is 1. The van der Waals surface area contributed by atoms with E-state index in [9.17, 15) is 18.3 Å². The number of carbonyl (C=O) groups is 1. The number of rotatable bonds is 4. The van der Waals surface area contributed by atoms with E-state index in [1.165, 1.54) is 0 Å². The van der Waals surface area contributed by atoms with Crippen LogP contribution in [0.4, 0.5) is 0 Å². The Balaban J connectivity index is 2.15. The molecule has 0 aromatic heterocycles. The van der Waals surface area contributed by atoms with E-state index in [-0.39, 0.29) is 40.6 Å². The van der Waals surface area contributed by atoms with Gasteiger partial charge in [-0.2, -0.15) is 5.10 Å². The van der Waals surface area contributed by atoms with Crippen LogP contribution >= 0.6 is 0 Å². The van der Waals surface area contributed by atoms with Crippen molar-refractivity contribution < 1.29 is 18.3 Å². The molecule has 1 aliphatic rings. The molecule has 1 heterocycles. The molecule has 1 atom stereocenters. The minimum atomic E-state index is -2.99. The van der Waals surface area contributed by atoms with Gasteiger partial charge in [0.2, 0.25) is 5.91 Å². The molecule has 2 rings (SSSR count). The Morgan fingerprint density at radius 2 is 1.71 bits per heavy atom. The fraction of sp³-hybridized carbons (Fsp3) is 0.619. The van der Waals surface area contributed by atoms with Crippen molar-refractivity contribution in [1.82, 2.24) is 5.43 Å². The lowest BCUT2D eigenvalue weighted by Crippen LogP contribution is -2.22. The van der Waals surface area contributed by atoms with Crippen LogP contribution in [-0.2, 0) is 25.5 Å². The molecule has 28 heavy (non-hydrogen) atoms. The normalized spacial score (nSPS) is 19.9. The number of hydrogen-bond donors (Lipinski definition) is 2. The summed E-state index contributed by atoms with van der Waals surface area (Å²) in [7, 11) is -2.99.